The van der Waals surface area contributed by atoms with E-state index in [2.05, 4.69) is 5.32 Å². The van der Waals surface area contributed by atoms with E-state index in [-0.39, 0.29) is 24.3 Å². The third-order valence-corrected chi connectivity index (χ3v) is 6.58. The maximum atomic E-state index is 13.6. The summed E-state index contributed by atoms with van der Waals surface area (Å²) in [5.74, 6) is 0.0588. The fraction of sp³-hybridized carbons (Fsp3) is 0.423. The number of ether oxygens (including phenoxy) is 3. The first kappa shape index (κ1) is 24.7. The molecule has 1 spiro atoms. The number of hydrogen-bond acceptors (Lipinski definition) is 6. The molecule has 9 heteroatoms. The van der Waals surface area contributed by atoms with Gasteiger partial charge in [-0.3, -0.25) is 19.3 Å². The van der Waals surface area contributed by atoms with Gasteiger partial charge in [0.2, 0.25) is 5.91 Å². The highest BCUT2D eigenvalue weighted by Crippen LogP contribution is 2.38. The van der Waals surface area contributed by atoms with Crippen LogP contribution in [0.1, 0.15) is 33.6 Å². The predicted octanol–water partition coefficient (Wildman–Crippen LogP) is 1.93. The van der Waals surface area contributed by atoms with Gasteiger partial charge in [-0.1, -0.05) is 18.2 Å². The van der Waals surface area contributed by atoms with Crippen LogP contribution in [0.5, 0.6) is 5.75 Å². The van der Waals surface area contributed by atoms with Gasteiger partial charge in [-0.2, -0.15) is 0 Å². The highest BCUT2D eigenvalue weighted by Gasteiger charge is 2.54. The van der Waals surface area contributed by atoms with E-state index >= 15 is 0 Å². The van der Waals surface area contributed by atoms with Crippen molar-refractivity contribution in [2.75, 3.05) is 47.1 Å². The van der Waals surface area contributed by atoms with Crippen molar-refractivity contribution in [3.8, 4) is 5.75 Å². The van der Waals surface area contributed by atoms with Crippen LogP contribution >= 0.6 is 0 Å². The second-order valence-corrected chi connectivity index (χ2v) is 8.62. The topological polar surface area (TPSA) is 97.4 Å². The standard InChI is InChI=1S/C26H31N3O6/c1-33-17-14-27-23(30)22-18-35-26(29(22)25(32)19-6-4-3-5-7-19)12-15-28(16-13-26)24(31)20-8-10-21(34-2)11-9-20/h3-11,22H,12-18H2,1-2H3,(H,27,30). The van der Waals surface area contributed by atoms with Gasteiger partial charge in [0.25, 0.3) is 11.8 Å². The van der Waals surface area contributed by atoms with E-state index in [1.165, 1.54) is 0 Å². The molecule has 2 saturated heterocycles. The van der Waals surface area contributed by atoms with Gasteiger partial charge in [0.1, 0.15) is 17.5 Å². The van der Waals surface area contributed by atoms with Gasteiger partial charge >= 0.3 is 0 Å². The molecular formula is C26H31N3O6. The van der Waals surface area contributed by atoms with Gasteiger partial charge in [0.15, 0.2) is 0 Å². The Morgan fingerprint density at radius 3 is 2.26 bits per heavy atom. The lowest BCUT2D eigenvalue weighted by Crippen LogP contribution is -2.60. The Hall–Kier alpha value is -3.43. The van der Waals surface area contributed by atoms with Crippen LogP contribution in [0.2, 0.25) is 0 Å². The molecule has 1 N–H and O–H groups in total. The molecule has 186 valence electrons. The number of hydrogen-bond donors (Lipinski definition) is 1. The quantitative estimate of drug-likeness (QED) is 0.607. The van der Waals surface area contributed by atoms with Crippen molar-refractivity contribution in [3.63, 3.8) is 0 Å². The number of nitrogens with zero attached hydrogens (tertiary/aromatic N) is 2. The van der Waals surface area contributed by atoms with Crippen molar-refractivity contribution in [1.29, 1.82) is 0 Å². The van der Waals surface area contributed by atoms with Gasteiger partial charge in [0.05, 0.1) is 20.3 Å². The average Bonchev–Trinajstić information content (AvgIpc) is 3.27. The first-order valence-corrected chi connectivity index (χ1v) is 11.7. The fourth-order valence-corrected chi connectivity index (χ4v) is 4.66. The van der Waals surface area contributed by atoms with E-state index in [0.717, 1.165) is 0 Å². The fourth-order valence-electron chi connectivity index (χ4n) is 4.66. The number of methoxy groups -OCH3 is 2. The number of rotatable bonds is 7. The number of benzene rings is 2. The first-order chi connectivity index (χ1) is 17.0. The molecule has 0 aliphatic carbocycles. The summed E-state index contributed by atoms with van der Waals surface area (Å²) in [6, 6.07) is 15.1. The maximum absolute atomic E-state index is 13.6. The minimum absolute atomic E-state index is 0.0877. The highest BCUT2D eigenvalue weighted by molar-refractivity contribution is 5.98. The lowest BCUT2D eigenvalue weighted by molar-refractivity contribution is -0.128. The van der Waals surface area contributed by atoms with Crippen LogP contribution < -0.4 is 10.1 Å². The molecule has 2 heterocycles. The van der Waals surface area contributed by atoms with Gasteiger partial charge in [-0.15, -0.1) is 0 Å². The Balaban J connectivity index is 1.52. The van der Waals surface area contributed by atoms with Gasteiger partial charge in [-0.25, -0.2) is 0 Å². The zero-order chi connectivity index (χ0) is 24.8. The molecule has 2 aromatic carbocycles. The molecule has 0 bridgehead atoms. The van der Waals surface area contributed by atoms with E-state index in [1.807, 2.05) is 6.07 Å². The smallest absolute Gasteiger partial charge is 0.256 e. The second kappa shape index (κ2) is 10.9. The average molecular weight is 482 g/mol. The molecule has 2 aliphatic heterocycles. The third kappa shape index (κ3) is 5.16. The summed E-state index contributed by atoms with van der Waals surface area (Å²) >= 11 is 0. The van der Waals surface area contributed by atoms with Crippen LogP contribution in [0.4, 0.5) is 0 Å². The predicted molar refractivity (Wildman–Crippen MR) is 128 cm³/mol. The first-order valence-electron chi connectivity index (χ1n) is 11.7. The SMILES string of the molecule is COCCNC(=O)C1COC2(CCN(C(=O)c3ccc(OC)cc3)CC2)N1C(=O)c1ccccc1. The van der Waals surface area contributed by atoms with Crippen LogP contribution in [0.25, 0.3) is 0 Å². The minimum Gasteiger partial charge on any atom is -0.497 e. The summed E-state index contributed by atoms with van der Waals surface area (Å²) in [6.45, 7) is 1.63. The summed E-state index contributed by atoms with van der Waals surface area (Å²) in [7, 11) is 3.14. The number of likely N-dealkylation sites (tertiary alicyclic amines) is 1. The van der Waals surface area contributed by atoms with E-state index in [9.17, 15) is 14.4 Å². The molecule has 0 radical (unpaired) electrons. The molecule has 1 unspecified atom stereocenters. The van der Waals surface area contributed by atoms with Crippen molar-refractivity contribution in [2.45, 2.75) is 24.6 Å². The van der Waals surface area contributed by atoms with Crippen LogP contribution in [0, 0.1) is 0 Å². The zero-order valence-corrected chi connectivity index (χ0v) is 20.1. The number of carbonyl (C=O) groups excluding carboxylic acids is 3. The number of carbonyl (C=O) groups is 3. The number of piperidine rings is 1. The van der Waals surface area contributed by atoms with Crippen LogP contribution in [-0.2, 0) is 14.3 Å². The molecule has 0 aromatic heterocycles. The Kier molecular flexibility index (Phi) is 7.67. The summed E-state index contributed by atoms with van der Waals surface area (Å²) in [5, 5.41) is 2.83. The molecule has 0 saturated carbocycles. The molecule has 2 fully saturated rings. The van der Waals surface area contributed by atoms with Gasteiger partial charge < -0.3 is 24.4 Å². The van der Waals surface area contributed by atoms with Gasteiger partial charge in [0, 0.05) is 50.7 Å². The normalized spacial score (nSPS) is 19.0. The van der Waals surface area contributed by atoms with E-state index in [4.69, 9.17) is 14.2 Å². The van der Waals surface area contributed by atoms with Crippen molar-refractivity contribution < 1.29 is 28.6 Å². The van der Waals surface area contributed by atoms with E-state index in [0.29, 0.717) is 56.0 Å². The summed E-state index contributed by atoms with van der Waals surface area (Å²) < 4.78 is 16.4. The Bertz CT molecular complexity index is 1030. The Morgan fingerprint density at radius 2 is 1.63 bits per heavy atom. The summed E-state index contributed by atoms with van der Waals surface area (Å²) in [4.78, 5) is 43.0. The van der Waals surface area contributed by atoms with Gasteiger partial charge in [-0.05, 0) is 36.4 Å². The van der Waals surface area contributed by atoms with Crippen LogP contribution in [0.15, 0.2) is 54.6 Å². The lowest BCUT2D eigenvalue weighted by Gasteiger charge is -2.44. The van der Waals surface area contributed by atoms with Crippen molar-refractivity contribution >= 4 is 17.7 Å². The number of amides is 3. The zero-order valence-electron chi connectivity index (χ0n) is 20.1. The largest absolute Gasteiger partial charge is 0.497 e. The molecule has 9 nitrogen and oxygen atoms in total. The third-order valence-electron chi connectivity index (χ3n) is 6.58. The summed E-state index contributed by atoms with van der Waals surface area (Å²) in [6.07, 6.45) is 0.824. The molecule has 4 rings (SSSR count). The van der Waals surface area contributed by atoms with E-state index < -0.39 is 11.8 Å². The Labute approximate surface area is 204 Å². The van der Waals surface area contributed by atoms with Crippen molar-refractivity contribution in [1.82, 2.24) is 15.1 Å². The second-order valence-electron chi connectivity index (χ2n) is 8.62. The number of nitrogens with one attached hydrogen (secondary N) is 1. The molecule has 35 heavy (non-hydrogen) atoms. The highest BCUT2D eigenvalue weighted by atomic mass is 16.5. The van der Waals surface area contributed by atoms with Crippen LogP contribution in [-0.4, -0.2) is 86.4 Å². The maximum Gasteiger partial charge on any atom is 0.256 e. The van der Waals surface area contributed by atoms with Crippen LogP contribution in [0.3, 0.4) is 0 Å². The summed E-state index contributed by atoms with van der Waals surface area (Å²) in [5.41, 5.74) is 0.109. The molecular weight excluding hydrogens is 450 g/mol. The Morgan fingerprint density at radius 1 is 0.971 bits per heavy atom. The lowest BCUT2D eigenvalue weighted by atomic mass is 9.96. The molecule has 2 aliphatic rings. The monoisotopic (exact) mass is 481 g/mol. The van der Waals surface area contributed by atoms with E-state index in [1.54, 1.807) is 72.6 Å². The molecule has 1 atom stereocenters. The minimum atomic E-state index is -0.952. The molecule has 2 aromatic rings. The molecule has 3 amide bonds. The van der Waals surface area contributed by atoms with Crippen molar-refractivity contribution in [3.05, 3.63) is 65.7 Å². The van der Waals surface area contributed by atoms with Crippen molar-refractivity contribution in [2.24, 2.45) is 0 Å².